The second kappa shape index (κ2) is 6.91. The Kier molecular flexibility index (Phi) is 5.49. The smallest absolute Gasteiger partial charge is 0.411 e. The summed E-state index contributed by atoms with van der Waals surface area (Å²) in [4.78, 5) is 11.5. The minimum absolute atomic E-state index is 0.139. The number of aliphatic hydroxyl groups excluding tert-OH is 1. The van der Waals surface area contributed by atoms with Crippen molar-refractivity contribution in [3.05, 3.63) is 29.8 Å². The first kappa shape index (κ1) is 13.5. The number of aliphatic hydroxyl groups is 1. The first-order valence-corrected chi connectivity index (χ1v) is 5.80. The van der Waals surface area contributed by atoms with Gasteiger partial charge in [0.25, 0.3) is 0 Å². The van der Waals surface area contributed by atoms with Crippen LogP contribution in [0.3, 0.4) is 0 Å². The van der Waals surface area contributed by atoms with E-state index in [-0.39, 0.29) is 12.7 Å². The Morgan fingerprint density at radius 3 is 2.76 bits per heavy atom. The Hall–Kier alpha value is -1.55. The maximum absolute atomic E-state index is 11.5. The van der Waals surface area contributed by atoms with Crippen molar-refractivity contribution in [2.75, 3.05) is 11.9 Å². The highest BCUT2D eigenvalue weighted by Crippen LogP contribution is 2.17. The highest BCUT2D eigenvalue weighted by Gasteiger charge is 2.08. The number of para-hydroxylation sites is 1. The van der Waals surface area contributed by atoms with Crippen LogP contribution < -0.4 is 5.32 Å². The second-order valence-corrected chi connectivity index (χ2v) is 4.06. The highest BCUT2D eigenvalue weighted by molar-refractivity contribution is 5.85. The third kappa shape index (κ3) is 4.87. The number of carbonyl (C=O) groups excluding carboxylic acids is 1. The van der Waals surface area contributed by atoms with E-state index in [1.807, 2.05) is 24.3 Å². The lowest BCUT2D eigenvalue weighted by Gasteiger charge is -2.12. The fourth-order valence-electron chi connectivity index (χ4n) is 1.48. The molecule has 0 saturated carbocycles. The molecule has 0 fully saturated rings. The molecule has 0 aliphatic heterocycles. The van der Waals surface area contributed by atoms with Crippen molar-refractivity contribution in [1.29, 1.82) is 0 Å². The average Bonchev–Trinajstić information content (AvgIpc) is 2.26. The number of hydrogen-bond donors (Lipinski definition) is 2. The van der Waals surface area contributed by atoms with E-state index in [0.717, 1.165) is 17.7 Å². The van der Waals surface area contributed by atoms with Crippen LogP contribution in [0.1, 0.15) is 25.8 Å². The predicted molar refractivity (Wildman–Crippen MR) is 67.1 cm³/mol. The van der Waals surface area contributed by atoms with Gasteiger partial charge < -0.3 is 9.84 Å². The van der Waals surface area contributed by atoms with Gasteiger partial charge in [0.2, 0.25) is 0 Å². The molecule has 0 heterocycles. The van der Waals surface area contributed by atoms with Crippen LogP contribution in [-0.4, -0.2) is 23.9 Å². The van der Waals surface area contributed by atoms with Gasteiger partial charge in [0.05, 0.1) is 6.10 Å². The third-order valence-electron chi connectivity index (χ3n) is 2.20. The van der Waals surface area contributed by atoms with Crippen LogP contribution in [-0.2, 0) is 11.2 Å². The van der Waals surface area contributed by atoms with Crippen molar-refractivity contribution in [1.82, 2.24) is 0 Å². The maximum atomic E-state index is 11.5. The van der Waals surface area contributed by atoms with Gasteiger partial charge in [-0.05, 0) is 38.3 Å². The molecule has 0 atom stereocenters. The fourth-order valence-corrected chi connectivity index (χ4v) is 1.48. The van der Waals surface area contributed by atoms with Crippen LogP contribution in [0.25, 0.3) is 0 Å². The lowest BCUT2D eigenvalue weighted by atomic mass is 10.1. The summed E-state index contributed by atoms with van der Waals surface area (Å²) in [5, 5.41) is 11.5. The molecule has 0 bridgehead atoms. The molecule has 4 nitrogen and oxygen atoms in total. The number of ether oxygens (including phenoxy) is 1. The van der Waals surface area contributed by atoms with Crippen LogP contribution in [0.2, 0.25) is 0 Å². The van der Waals surface area contributed by atoms with E-state index in [9.17, 15) is 4.79 Å². The van der Waals surface area contributed by atoms with Crippen molar-refractivity contribution < 1.29 is 14.6 Å². The van der Waals surface area contributed by atoms with Crippen molar-refractivity contribution in [3.63, 3.8) is 0 Å². The van der Waals surface area contributed by atoms with Crippen LogP contribution in [0.5, 0.6) is 0 Å². The molecule has 0 spiro atoms. The quantitative estimate of drug-likeness (QED) is 0.827. The Balaban J connectivity index is 2.65. The molecule has 1 rings (SSSR count). The number of rotatable bonds is 5. The van der Waals surface area contributed by atoms with Crippen LogP contribution in [0.15, 0.2) is 24.3 Å². The summed E-state index contributed by atoms with van der Waals surface area (Å²) in [5.74, 6) is 0. The number of benzene rings is 1. The molecule has 0 aliphatic rings. The SMILES string of the molecule is CC(C)OC(=O)Nc1ccccc1CCCO. The van der Waals surface area contributed by atoms with Crippen LogP contribution >= 0.6 is 0 Å². The van der Waals surface area contributed by atoms with E-state index in [4.69, 9.17) is 9.84 Å². The van der Waals surface area contributed by atoms with Gasteiger partial charge in [0, 0.05) is 12.3 Å². The summed E-state index contributed by atoms with van der Waals surface area (Å²) < 4.78 is 5.01. The lowest BCUT2D eigenvalue weighted by molar-refractivity contribution is 0.130. The molecular formula is C13H19NO3. The topological polar surface area (TPSA) is 58.6 Å². The third-order valence-corrected chi connectivity index (χ3v) is 2.20. The van der Waals surface area contributed by atoms with E-state index in [1.165, 1.54) is 0 Å². The van der Waals surface area contributed by atoms with Gasteiger partial charge in [-0.2, -0.15) is 0 Å². The van der Waals surface area contributed by atoms with Crippen LogP contribution in [0, 0.1) is 0 Å². The fraction of sp³-hybridized carbons (Fsp3) is 0.462. The Bertz CT molecular complexity index is 363. The summed E-state index contributed by atoms with van der Waals surface area (Å²) in [6.45, 7) is 3.75. The zero-order valence-corrected chi connectivity index (χ0v) is 10.3. The van der Waals surface area contributed by atoms with E-state index >= 15 is 0 Å². The minimum Gasteiger partial charge on any atom is -0.447 e. The molecule has 17 heavy (non-hydrogen) atoms. The number of anilines is 1. The molecule has 0 aliphatic carbocycles. The average molecular weight is 237 g/mol. The number of aryl methyl sites for hydroxylation is 1. The van der Waals surface area contributed by atoms with Gasteiger partial charge in [-0.25, -0.2) is 4.79 Å². The van der Waals surface area contributed by atoms with Gasteiger partial charge >= 0.3 is 6.09 Å². The lowest BCUT2D eigenvalue weighted by Crippen LogP contribution is -2.18. The summed E-state index contributed by atoms with van der Waals surface area (Å²) in [7, 11) is 0. The number of amides is 1. The Morgan fingerprint density at radius 1 is 1.41 bits per heavy atom. The molecule has 1 aromatic carbocycles. The van der Waals surface area contributed by atoms with Crippen molar-refractivity contribution in [2.24, 2.45) is 0 Å². The molecule has 0 unspecified atom stereocenters. The van der Waals surface area contributed by atoms with Gasteiger partial charge in [0.15, 0.2) is 0 Å². The van der Waals surface area contributed by atoms with E-state index in [2.05, 4.69) is 5.32 Å². The van der Waals surface area contributed by atoms with Gasteiger partial charge in [-0.15, -0.1) is 0 Å². The molecule has 4 heteroatoms. The Labute approximate surface area is 102 Å². The van der Waals surface area contributed by atoms with Crippen molar-refractivity contribution in [3.8, 4) is 0 Å². The number of hydrogen-bond acceptors (Lipinski definition) is 3. The van der Waals surface area contributed by atoms with Crippen LogP contribution in [0.4, 0.5) is 10.5 Å². The molecule has 94 valence electrons. The first-order valence-electron chi connectivity index (χ1n) is 5.80. The van der Waals surface area contributed by atoms with Gasteiger partial charge in [-0.3, -0.25) is 5.32 Å². The van der Waals surface area contributed by atoms with Crippen molar-refractivity contribution >= 4 is 11.8 Å². The molecule has 0 radical (unpaired) electrons. The molecule has 1 amide bonds. The predicted octanol–water partition coefficient (Wildman–Crippen LogP) is 2.57. The molecule has 2 N–H and O–H groups in total. The number of nitrogens with one attached hydrogen (secondary N) is 1. The normalized spacial score (nSPS) is 10.4. The summed E-state index contributed by atoms with van der Waals surface area (Å²) >= 11 is 0. The van der Waals surface area contributed by atoms with Gasteiger partial charge in [-0.1, -0.05) is 18.2 Å². The highest BCUT2D eigenvalue weighted by atomic mass is 16.6. The standard InChI is InChI=1S/C13H19NO3/c1-10(2)17-13(16)14-12-8-4-3-6-11(12)7-5-9-15/h3-4,6,8,10,15H,5,7,9H2,1-2H3,(H,14,16). The summed E-state index contributed by atoms with van der Waals surface area (Å²) in [5.41, 5.74) is 1.74. The first-order chi connectivity index (χ1) is 8.13. The summed E-state index contributed by atoms with van der Waals surface area (Å²) in [6, 6.07) is 7.52. The van der Waals surface area contributed by atoms with Crippen molar-refractivity contribution in [2.45, 2.75) is 32.8 Å². The van der Waals surface area contributed by atoms with E-state index < -0.39 is 6.09 Å². The maximum Gasteiger partial charge on any atom is 0.411 e. The summed E-state index contributed by atoms with van der Waals surface area (Å²) in [6.07, 6.45) is 0.822. The Morgan fingerprint density at radius 2 is 2.12 bits per heavy atom. The zero-order valence-electron chi connectivity index (χ0n) is 10.3. The second-order valence-electron chi connectivity index (χ2n) is 4.06. The minimum atomic E-state index is -0.448. The molecule has 0 saturated heterocycles. The molecule has 1 aromatic rings. The van der Waals surface area contributed by atoms with Gasteiger partial charge in [0.1, 0.15) is 0 Å². The zero-order chi connectivity index (χ0) is 12.7. The van der Waals surface area contributed by atoms with E-state index in [0.29, 0.717) is 6.42 Å². The molecular weight excluding hydrogens is 218 g/mol. The monoisotopic (exact) mass is 237 g/mol. The molecule has 0 aromatic heterocycles. The largest absolute Gasteiger partial charge is 0.447 e. The number of carbonyl (C=O) groups is 1. The van der Waals surface area contributed by atoms with E-state index in [1.54, 1.807) is 13.8 Å².